The van der Waals surface area contributed by atoms with Crippen molar-refractivity contribution in [2.75, 3.05) is 0 Å². The summed E-state index contributed by atoms with van der Waals surface area (Å²) in [4.78, 5) is 28.9. The Hall–Kier alpha value is -2.40. The van der Waals surface area contributed by atoms with E-state index < -0.39 is 6.04 Å². The molecule has 1 atom stereocenters. The topological polar surface area (TPSA) is 57.6 Å². The molecule has 28 heavy (non-hydrogen) atoms. The molecular formula is C23H25NO3S. The minimum Gasteiger partial charge on any atom is -0.503 e. The normalized spacial score (nSPS) is 20.4. The number of aliphatic hydroxyl groups is 1. The first-order valence-corrected chi connectivity index (χ1v) is 10.8. The van der Waals surface area contributed by atoms with E-state index in [1.807, 2.05) is 48.7 Å². The monoisotopic (exact) mass is 395 g/mol. The van der Waals surface area contributed by atoms with Gasteiger partial charge in [-0.15, -0.1) is 11.3 Å². The number of carbonyl (C=O) groups is 2. The van der Waals surface area contributed by atoms with Gasteiger partial charge in [0.05, 0.1) is 11.6 Å². The molecule has 146 valence electrons. The molecule has 0 spiro atoms. The third kappa shape index (κ3) is 3.39. The molecule has 1 N–H and O–H groups in total. The smallest absolute Gasteiger partial charge is 0.290 e. The molecule has 4 rings (SSSR count). The van der Waals surface area contributed by atoms with Gasteiger partial charge in [-0.25, -0.2) is 0 Å². The fourth-order valence-corrected chi connectivity index (χ4v) is 5.46. The Kier molecular flexibility index (Phi) is 5.36. The second-order valence-electron chi connectivity index (χ2n) is 7.69. The van der Waals surface area contributed by atoms with Crippen LogP contribution in [0.3, 0.4) is 0 Å². The van der Waals surface area contributed by atoms with Crippen LogP contribution < -0.4 is 0 Å². The zero-order valence-electron chi connectivity index (χ0n) is 16.1. The van der Waals surface area contributed by atoms with Crippen LogP contribution in [0.5, 0.6) is 0 Å². The van der Waals surface area contributed by atoms with Crippen LogP contribution in [0, 0.1) is 6.92 Å². The second kappa shape index (κ2) is 7.92. The molecule has 1 amide bonds. The van der Waals surface area contributed by atoms with Crippen LogP contribution in [-0.4, -0.2) is 27.7 Å². The summed E-state index contributed by atoms with van der Waals surface area (Å²) in [5, 5.41) is 12.7. The van der Waals surface area contributed by atoms with E-state index in [0.717, 1.165) is 41.7 Å². The third-order valence-electron chi connectivity index (χ3n) is 5.90. The molecule has 2 heterocycles. The molecule has 4 nitrogen and oxygen atoms in total. The summed E-state index contributed by atoms with van der Waals surface area (Å²) in [7, 11) is 0. The average Bonchev–Trinajstić information content (AvgIpc) is 3.42. The summed E-state index contributed by atoms with van der Waals surface area (Å²) in [6.07, 6.45) is 4.93. The van der Waals surface area contributed by atoms with E-state index in [-0.39, 0.29) is 29.9 Å². The Morgan fingerprint density at radius 3 is 2.54 bits per heavy atom. The highest BCUT2D eigenvalue weighted by Gasteiger charge is 2.47. The van der Waals surface area contributed by atoms with Crippen molar-refractivity contribution in [3.63, 3.8) is 0 Å². The number of aliphatic hydroxyl groups excluding tert-OH is 1. The number of Topliss-reactive ketones (excluding diaryl/α,β-unsaturated/α-hetero) is 1. The van der Waals surface area contributed by atoms with Gasteiger partial charge in [-0.1, -0.05) is 43.2 Å². The molecule has 1 aromatic carbocycles. The molecule has 2 aliphatic rings. The molecule has 0 radical (unpaired) electrons. The van der Waals surface area contributed by atoms with E-state index in [4.69, 9.17) is 0 Å². The number of benzene rings is 1. The van der Waals surface area contributed by atoms with E-state index in [1.165, 1.54) is 0 Å². The average molecular weight is 396 g/mol. The maximum atomic E-state index is 13.2. The second-order valence-corrected chi connectivity index (χ2v) is 8.64. The highest BCUT2D eigenvalue weighted by atomic mass is 32.1. The summed E-state index contributed by atoms with van der Waals surface area (Å²) in [6.45, 7) is 2.00. The molecule has 1 aliphatic carbocycles. The zero-order chi connectivity index (χ0) is 19.7. The Balaban J connectivity index is 1.65. The lowest BCUT2D eigenvalue weighted by molar-refractivity contribution is -0.131. The fourth-order valence-electron chi connectivity index (χ4n) is 4.43. The summed E-state index contributed by atoms with van der Waals surface area (Å²) in [6, 6.07) is 11.5. The minimum atomic E-state index is -0.445. The van der Waals surface area contributed by atoms with E-state index in [2.05, 4.69) is 0 Å². The van der Waals surface area contributed by atoms with Gasteiger partial charge in [0.2, 0.25) is 0 Å². The first-order valence-electron chi connectivity index (χ1n) is 9.95. The van der Waals surface area contributed by atoms with Gasteiger partial charge in [0.1, 0.15) is 0 Å². The maximum Gasteiger partial charge on any atom is 0.290 e. The van der Waals surface area contributed by atoms with Gasteiger partial charge in [-0.05, 0) is 48.8 Å². The van der Waals surface area contributed by atoms with Crippen LogP contribution in [0.25, 0.3) is 0 Å². The molecule has 0 saturated heterocycles. The lowest BCUT2D eigenvalue weighted by Crippen LogP contribution is -2.38. The lowest BCUT2D eigenvalue weighted by Gasteiger charge is -2.31. The number of nitrogens with zero attached hydrogens (tertiary/aromatic N) is 1. The molecule has 5 heteroatoms. The molecule has 1 aromatic heterocycles. The number of hydrogen-bond donors (Lipinski definition) is 1. The third-order valence-corrected chi connectivity index (χ3v) is 6.97. The number of rotatable bonds is 6. The van der Waals surface area contributed by atoms with Gasteiger partial charge in [0, 0.05) is 17.3 Å². The molecule has 1 saturated carbocycles. The standard InChI is InChI=1S/C23H25NO3S/c1-15-13-14-28-22(15)20-19(18(25)12-11-16-7-3-2-4-8-16)21(26)23(27)24(20)17-9-5-6-10-17/h2-4,7-8,13-14,17,20,26H,5-6,9-12H2,1H3. The number of carbonyl (C=O) groups excluding carboxylic acids is 2. The maximum absolute atomic E-state index is 13.2. The largest absolute Gasteiger partial charge is 0.503 e. The van der Waals surface area contributed by atoms with Crippen molar-refractivity contribution in [3.05, 3.63) is 69.1 Å². The van der Waals surface area contributed by atoms with Crippen molar-refractivity contribution < 1.29 is 14.7 Å². The molecule has 2 aromatic rings. The van der Waals surface area contributed by atoms with Crippen molar-refractivity contribution in [1.29, 1.82) is 0 Å². The summed E-state index contributed by atoms with van der Waals surface area (Å²) in [5.41, 5.74) is 2.43. The molecule has 0 bridgehead atoms. The number of ketones is 1. The number of thiophene rings is 1. The Labute approximate surface area is 169 Å². The van der Waals surface area contributed by atoms with E-state index in [1.54, 1.807) is 16.2 Å². The van der Waals surface area contributed by atoms with Gasteiger partial charge in [0.25, 0.3) is 5.91 Å². The molecule has 1 fully saturated rings. The van der Waals surface area contributed by atoms with Gasteiger partial charge in [-0.3, -0.25) is 9.59 Å². The van der Waals surface area contributed by atoms with Crippen LogP contribution in [-0.2, 0) is 16.0 Å². The predicted octanol–water partition coefficient (Wildman–Crippen LogP) is 4.90. The van der Waals surface area contributed by atoms with Gasteiger partial charge in [0.15, 0.2) is 11.5 Å². The van der Waals surface area contributed by atoms with Crippen molar-refractivity contribution in [2.24, 2.45) is 0 Å². The van der Waals surface area contributed by atoms with Crippen molar-refractivity contribution in [2.45, 2.75) is 57.5 Å². The zero-order valence-corrected chi connectivity index (χ0v) is 16.9. The van der Waals surface area contributed by atoms with Crippen molar-refractivity contribution >= 4 is 23.0 Å². The van der Waals surface area contributed by atoms with E-state index in [9.17, 15) is 14.7 Å². The Morgan fingerprint density at radius 2 is 1.89 bits per heavy atom. The summed E-state index contributed by atoms with van der Waals surface area (Å²) >= 11 is 1.56. The predicted molar refractivity (Wildman–Crippen MR) is 110 cm³/mol. The highest BCUT2D eigenvalue weighted by Crippen LogP contribution is 2.45. The van der Waals surface area contributed by atoms with Gasteiger partial charge in [-0.2, -0.15) is 0 Å². The van der Waals surface area contributed by atoms with Crippen LogP contribution in [0.4, 0.5) is 0 Å². The summed E-state index contributed by atoms with van der Waals surface area (Å²) < 4.78 is 0. The Bertz CT molecular complexity index is 909. The lowest BCUT2D eigenvalue weighted by atomic mass is 9.95. The fraction of sp³-hybridized carbons (Fsp3) is 0.391. The molecule has 1 aliphatic heterocycles. The SMILES string of the molecule is Cc1ccsc1C1C(C(=O)CCc2ccccc2)=C(O)C(=O)N1C1CCCC1. The first kappa shape index (κ1) is 18.9. The Morgan fingerprint density at radius 1 is 1.18 bits per heavy atom. The summed E-state index contributed by atoms with van der Waals surface area (Å²) in [5.74, 6) is -0.858. The van der Waals surface area contributed by atoms with Gasteiger partial charge < -0.3 is 10.0 Å². The van der Waals surface area contributed by atoms with Crippen molar-refractivity contribution in [1.82, 2.24) is 4.90 Å². The van der Waals surface area contributed by atoms with Crippen LogP contribution in [0.2, 0.25) is 0 Å². The first-order chi connectivity index (χ1) is 13.6. The van der Waals surface area contributed by atoms with Crippen molar-refractivity contribution in [3.8, 4) is 0 Å². The quantitative estimate of drug-likeness (QED) is 0.757. The van der Waals surface area contributed by atoms with Crippen LogP contribution in [0.1, 0.15) is 54.1 Å². The van der Waals surface area contributed by atoms with Crippen LogP contribution >= 0.6 is 11.3 Å². The van der Waals surface area contributed by atoms with Crippen LogP contribution in [0.15, 0.2) is 53.1 Å². The number of hydrogen-bond acceptors (Lipinski definition) is 4. The minimum absolute atomic E-state index is 0.0978. The van der Waals surface area contributed by atoms with Gasteiger partial charge >= 0.3 is 0 Å². The number of aryl methyl sites for hydroxylation is 2. The number of amides is 1. The van der Waals surface area contributed by atoms with E-state index in [0.29, 0.717) is 12.0 Å². The highest BCUT2D eigenvalue weighted by molar-refractivity contribution is 7.10. The molecular weight excluding hydrogens is 370 g/mol. The molecule has 1 unspecified atom stereocenters. The van der Waals surface area contributed by atoms with E-state index >= 15 is 0 Å².